The van der Waals surface area contributed by atoms with Crippen molar-refractivity contribution in [2.24, 2.45) is 0 Å². The zero-order valence-corrected chi connectivity index (χ0v) is 13.5. The maximum atomic E-state index is 9.41. The van der Waals surface area contributed by atoms with Crippen LogP contribution in [0.3, 0.4) is 0 Å². The SMILES string of the molecule is Oc1ccc(CCSSCCc2ccc(O)c(O)c2)cc1O. The summed E-state index contributed by atoms with van der Waals surface area (Å²) < 4.78 is 0. The average Bonchev–Trinajstić information content (AvgIpc) is 2.50. The molecule has 2 aromatic rings. The topological polar surface area (TPSA) is 80.9 Å². The normalized spacial score (nSPS) is 10.7. The number of phenols is 4. The maximum absolute atomic E-state index is 9.41. The van der Waals surface area contributed by atoms with Crippen molar-refractivity contribution < 1.29 is 20.4 Å². The lowest BCUT2D eigenvalue weighted by Crippen LogP contribution is -1.89. The van der Waals surface area contributed by atoms with Crippen LogP contribution in [0.15, 0.2) is 36.4 Å². The van der Waals surface area contributed by atoms with E-state index in [1.807, 2.05) is 0 Å². The third-order valence-corrected chi connectivity index (χ3v) is 5.52. The van der Waals surface area contributed by atoms with Crippen molar-refractivity contribution in [2.45, 2.75) is 12.8 Å². The first-order valence-corrected chi connectivity index (χ1v) is 9.31. The molecule has 0 aliphatic heterocycles. The lowest BCUT2D eigenvalue weighted by atomic mass is 10.1. The number of hydrogen-bond donors (Lipinski definition) is 4. The quantitative estimate of drug-likeness (QED) is 0.350. The number of phenolic OH excluding ortho intramolecular Hbond substituents is 4. The second-order valence-electron chi connectivity index (χ2n) is 4.79. The van der Waals surface area contributed by atoms with Gasteiger partial charge in [-0.15, -0.1) is 0 Å². The highest BCUT2D eigenvalue weighted by molar-refractivity contribution is 8.76. The van der Waals surface area contributed by atoms with Crippen molar-refractivity contribution in [3.05, 3.63) is 47.5 Å². The number of hydrogen-bond acceptors (Lipinski definition) is 6. The summed E-state index contributed by atoms with van der Waals surface area (Å²) in [6.45, 7) is 0. The van der Waals surface area contributed by atoms with Crippen LogP contribution in [-0.4, -0.2) is 31.9 Å². The monoisotopic (exact) mass is 338 g/mol. The Morgan fingerprint density at radius 2 is 1.00 bits per heavy atom. The molecule has 22 heavy (non-hydrogen) atoms. The van der Waals surface area contributed by atoms with Gasteiger partial charge in [0.2, 0.25) is 0 Å². The molecule has 0 bridgehead atoms. The number of rotatable bonds is 7. The molecule has 0 heterocycles. The minimum absolute atomic E-state index is 0.0812. The molecule has 2 rings (SSSR count). The Labute approximate surface area is 137 Å². The molecule has 0 unspecified atom stereocenters. The highest BCUT2D eigenvalue weighted by atomic mass is 33.1. The smallest absolute Gasteiger partial charge is 0.157 e. The molecular weight excluding hydrogens is 320 g/mol. The van der Waals surface area contributed by atoms with Crippen LogP contribution in [-0.2, 0) is 12.8 Å². The van der Waals surface area contributed by atoms with Crippen molar-refractivity contribution in [3.63, 3.8) is 0 Å². The van der Waals surface area contributed by atoms with Gasteiger partial charge in [0.05, 0.1) is 0 Å². The summed E-state index contributed by atoms with van der Waals surface area (Å²) in [6, 6.07) is 9.78. The summed E-state index contributed by atoms with van der Waals surface area (Å²) in [4.78, 5) is 0. The van der Waals surface area contributed by atoms with Gasteiger partial charge in [-0.3, -0.25) is 0 Å². The molecule has 0 aromatic heterocycles. The largest absolute Gasteiger partial charge is 0.504 e. The second kappa shape index (κ2) is 8.10. The molecule has 4 nitrogen and oxygen atoms in total. The molecule has 118 valence electrons. The van der Waals surface area contributed by atoms with Crippen LogP contribution >= 0.6 is 21.6 Å². The van der Waals surface area contributed by atoms with Gasteiger partial charge in [0.1, 0.15) is 0 Å². The standard InChI is InChI=1S/C16H18O4S2/c17-13-3-1-11(9-15(13)19)5-7-21-22-8-6-12-2-4-14(18)16(20)10-12/h1-4,9-10,17-20H,5-8H2. The first kappa shape index (κ1) is 16.7. The molecule has 0 aliphatic rings. The predicted octanol–water partition coefficient (Wildman–Crippen LogP) is 3.68. The molecule has 0 atom stereocenters. The second-order valence-corrected chi connectivity index (χ2v) is 7.49. The van der Waals surface area contributed by atoms with Crippen LogP contribution in [0.1, 0.15) is 11.1 Å². The molecule has 0 saturated carbocycles. The van der Waals surface area contributed by atoms with Gasteiger partial charge in [0.15, 0.2) is 23.0 Å². The van der Waals surface area contributed by atoms with E-state index in [2.05, 4.69) is 0 Å². The van der Waals surface area contributed by atoms with Crippen LogP contribution < -0.4 is 0 Å². The van der Waals surface area contributed by atoms with Crippen LogP contribution in [0.5, 0.6) is 23.0 Å². The molecule has 6 heteroatoms. The van der Waals surface area contributed by atoms with Gasteiger partial charge in [-0.2, -0.15) is 0 Å². The molecule has 0 amide bonds. The van der Waals surface area contributed by atoms with Gasteiger partial charge in [-0.05, 0) is 48.2 Å². The molecule has 4 N–H and O–H groups in total. The minimum Gasteiger partial charge on any atom is -0.504 e. The molecule has 0 fully saturated rings. The first-order valence-electron chi connectivity index (χ1n) is 6.82. The van der Waals surface area contributed by atoms with Crippen molar-refractivity contribution in [2.75, 3.05) is 11.5 Å². The van der Waals surface area contributed by atoms with Gasteiger partial charge in [0.25, 0.3) is 0 Å². The third-order valence-electron chi connectivity index (χ3n) is 3.11. The lowest BCUT2D eigenvalue weighted by molar-refractivity contribution is 0.403. The van der Waals surface area contributed by atoms with Crippen LogP contribution in [0.4, 0.5) is 0 Å². The number of benzene rings is 2. The van der Waals surface area contributed by atoms with Gasteiger partial charge < -0.3 is 20.4 Å². The fraction of sp³-hybridized carbons (Fsp3) is 0.250. The Bertz CT molecular complexity index is 576. The summed E-state index contributed by atoms with van der Waals surface area (Å²) in [5.41, 5.74) is 1.98. The van der Waals surface area contributed by atoms with Crippen LogP contribution in [0.2, 0.25) is 0 Å². The van der Waals surface area contributed by atoms with Crippen LogP contribution in [0.25, 0.3) is 0 Å². The van der Waals surface area contributed by atoms with Gasteiger partial charge in [-0.25, -0.2) is 0 Å². The Hall–Kier alpha value is -1.66. The highest BCUT2D eigenvalue weighted by Gasteiger charge is 2.02. The Morgan fingerprint density at radius 3 is 1.36 bits per heavy atom. The summed E-state index contributed by atoms with van der Waals surface area (Å²) in [5.74, 6) is 1.47. The fourth-order valence-corrected chi connectivity index (χ4v) is 3.97. The summed E-state index contributed by atoms with van der Waals surface area (Å²) in [5, 5.41) is 37.3. The molecule has 0 radical (unpaired) electrons. The molecule has 0 aliphatic carbocycles. The van der Waals surface area contributed by atoms with Crippen LogP contribution in [0, 0.1) is 0 Å². The third kappa shape index (κ3) is 4.96. The van der Waals surface area contributed by atoms with Gasteiger partial charge in [-0.1, -0.05) is 33.7 Å². The predicted molar refractivity (Wildman–Crippen MR) is 91.9 cm³/mol. The zero-order chi connectivity index (χ0) is 15.9. The van der Waals surface area contributed by atoms with E-state index in [-0.39, 0.29) is 23.0 Å². The van der Waals surface area contributed by atoms with E-state index in [1.165, 1.54) is 12.1 Å². The van der Waals surface area contributed by atoms with E-state index in [0.717, 1.165) is 35.5 Å². The van der Waals surface area contributed by atoms with Gasteiger partial charge >= 0.3 is 0 Å². The highest BCUT2D eigenvalue weighted by Crippen LogP contribution is 2.29. The van der Waals surface area contributed by atoms with E-state index in [4.69, 9.17) is 0 Å². The van der Waals surface area contributed by atoms with Crippen molar-refractivity contribution in [1.82, 2.24) is 0 Å². The first-order chi connectivity index (χ1) is 10.6. The van der Waals surface area contributed by atoms with Crippen molar-refractivity contribution in [1.29, 1.82) is 0 Å². The van der Waals surface area contributed by atoms with E-state index in [0.29, 0.717) is 0 Å². The molecule has 2 aromatic carbocycles. The average molecular weight is 338 g/mol. The van der Waals surface area contributed by atoms with E-state index >= 15 is 0 Å². The minimum atomic E-state index is -0.0945. The fourth-order valence-electron chi connectivity index (χ4n) is 1.89. The van der Waals surface area contributed by atoms with Crippen molar-refractivity contribution in [3.8, 4) is 23.0 Å². The lowest BCUT2D eigenvalue weighted by Gasteiger charge is -2.05. The van der Waals surface area contributed by atoms with E-state index in [1.54, 1.807) is 45.9 Å². The molecular formula is C16H18O4S2. The summed E-state index contributed by atoms with van der Waals surface area (Å²) in [7, 11) is 3.49. The maximum Gasteiger partial charge on any atom is 0.157 e. The Morgan fingerprint density at radius 1 is 0.591 bits per heavy atom. The Kier molecular flexibility index (Phi) is 6.15. The summed E-state index contributed by atoms with van der Waals surface area (Å²) in [6.07, 6.45) is 1.65. The van der Waals surface area contributed by atoms with E-state index < -0.39 is 0 Å². The van der Waals surface area contributed by atoms with E-state index in [9.17, 15) is 20.4 Å². The molecule has 0 saturated heterocycles. The Balaban J connectivity index is 1.65. The number of aromatic hydroxyl groups is 4. The van der Waals surface area contributed by atoms with Crippen molar-refractivity contribution >= 4 is 21.6 Å². The molecule has 0 spiro atoms. The number of aryl methyl sites for hydroxylation is 2. The summed E-state index contributed by atoms with van der Waals surface area (Å²) >= 11 is 0. The van der Waals surface area contributed by atoms with Gasteiger partial charge in [0, 0.05) is 11.5 Å². The zero-order valence-electron chi connectivity index (χ0n) is 11.9.